The molecular formula is C22H18N4O2. The number of benzene rings is 2. The lowest BCUT2D eigenvalue weighted by atomic mass is 10.2. The highest BCUT2D eigenvalue weighted by molar-refractivity contribution is 6.05. The molecule has 0 amide bonds. The number of rotatable bonds is 3. The molecular weight excluding hydrogens is 352 g/mol. The third-order valence-electron chi connectivity index (χ3n) is 4.62. The summed E-state index contributed by atoms with van der Waals surface area (Å²) in [6, 6.07) is 15.3. The topological polar surface area (TPSA) is 68.7 Å². The van der Waals surface area contributed by atoms with E-state index in [1.165, 1.54) is 13.8 Å². The Bertz CT molecular complexity index is 1170. The van der Waals surface area contributed by atoms with Crippen LogP contribution in [-0.2, 0) is 0 Å². The van der Waals surface area contributed by atoms with E-state index >= 15 is 0 Å². The molecule has 6 nitrogen and oxygen atoms in total. The number of carbonyl (C=O) groups is 2. The van der Waals surface area contributed by atoms with E-state index in [2.05, 4.69) is 10.2 Å². The van der Waals surface area contributed by atoms with Gasteiger partial charge < -0.3 is 0 Å². The zero-order valence-corrected chi connectivity index (χ0v) is 15.5. The molecule has 0 saturated carbocycles. The Morgan fingerprint density at radius 1 is 0.714 bits per heavy atom. The molecule has 0 aliphatic carbocycles. The molecule has 0 atom stereocenters. The highest BCUT2D eigenvalue weighted by Crippen LogP contribution is 2.21. The lowest BCUT2D eigenvalue weighted by Crippen LogP contribution is -2.02. The highest BCUT2D eigenvalue weighted by Gasteiger charge is 2.10. The Morgan fingerprint density at radius 2 is 1.11 bits per heavy atom. The molecule has 0 radical (unpaired) electrons. The van der Waals surface area contributed by atoms with E-state index in [1.54, 1.807) is 34.0 Å². The second-order valence-electron chi connectivity index (χ2n) is 6.47. The van der Waals surface area contributed by atoms with Crippen molar-refractivity contribution < 1.29 is 9.59 Å². The lowest BCUT2D eigenvalue weighted by molar-refractivity contribution is 0.0933. The molecule has 0 aliphatic heterocycles. The van der Waals surface area contributed by atoms with E-state index in [1.807, 2.05) is 48.5 Å². The fraction of sp³-hybridized carbons (Fsp3) is 0.0909. The molecule has 0 N–H and O–H groups in total. The van der Waals surface area contributed by atoms with Crippen LogP contribution in [0.2, 0.25) is 0 Å². The van der Waals surface area contributed by atoms with Gasteiger partial charge >= 0.3 is 0 Å². The van der Waals surface area contributed by atoms with Crippen LogP contribution in [0.5, 0.6) is 0 Å². The first kappa shape index (κ1) is 17.6. The molecule has 2 heterocycles. The predicted octanol–water partition coefficient (Wildman–Crippen LogP) is 4.37. The quantitative estimate of drug-likeness (QED) is 0.397. The number of fused-ring (bicyclic) bond motifs is 2. The van der Waals surface area contributed by atoms with E-state index in [9.17, 15) is 9.59 Å². The third-order valence-corrected chi connectivity index (χ3v) is 4.62. The smallest absolute Gasteiger partial charge is 0.227 e. The Balaban J connectivity index is 1.67. The van der Waals surface area contributed by atoms with E-state index in [0.29, 0.717) is 0 Å². The van der Waals surface area contributed by atoms with Gasteiger partial charge in [-0.1, -0.05) is 36.4 Å². The Hall–Kier alpha value is -3.80. The largest absolute Gasteiger partial charge is 0.287 e. The van der Waals surface area contributed by atoms with E-state index < -0.39 is 0 Å². The number of hydrogen-bond donors (Lipinski definition) is 0. The van der Waals surface area contributed by atoms with Crippen molar-refractivity contribution in [2.75, 3.05) is 0 Å². The Labute approximate surface area is 161 Å². The second kappa shape index (κ2) is 7.08. The summed E-state index contributed by atoms with van der Waals surface area (Å²) < 4.78 is 3.20. The maximum absolute atomic E-state index is 11.8. The molecule has 6 heteroatoms. The van der Waals surface area contributed by atoms with Gasteiger partial charge in [0.25, 0.3) is 0 Å². The van der Waals surface area contributed by atoms with Gasteiger partial charge in [-0.3, -0.25) is 18.7 Å². The molecule has 0 aliphatic rings. The Morgan fingerprint density at radius 3 is 1.50 bits per heavy atom. The summed E-state index contributed by atoms with van der Waals surface area (Å²) in [6.07, 6.45) is 6.77. The van der Waals surface area contributed by atoms with Crippen molar-refractivity contribution >= 4 is 46.0 Å². The summed E-state index contributed by atoms with van der Waals surface area (Å²) in [7, 11) is 0. The van der Waals surface area contributed by atoms with Crippen molar-refractivity contribution in [1.82, 2.24) is 9.13 Å². The zero-order chi connectivity index (χ0) is 19.7. The van der Waals surface area contributed by atoms with Crippen molar-refractivity contribution in [2.45, 2.75) is 13.8 Å². The van der Waals surface area contributed by atoms with Crippen molar-refractivity contribution in [3.8, 4) is 0 Å². The molecule has 4 rings (SSSR count). The molecule has 2 aromatic heterocycles. The lowest BCUT2D eigenvalue weighted by Gasteiger charge is -1.96. The van der Waals surface area contributed by atoms with Crippen molar-refractivity contribution in [3.05, 3.63) is 72.1 Å². The first-order chi connectivity index (χ1) is 13.6. The molecule has 0 spiro atoms. The molecule has 4 aromatic rings. The summed E-state index contributed by atoms with van der Waals surface area (Å²) >= 11 is 0. The summed E-state index contributed by atoms with van der Waals surface area (Å²) in [6.45, 7) is 3.05. The van der Waals surface area contributed by atoms with Crippen LogP contribution in [0.3, 0.4) is 0 Å². The van der Waals surface area contributed by atoms with Crippen LogP contribution in [0, 0.1) is 0 Å². The summed E-state index contributed by atoms with van der Waals surface area (Å²) in [4.78, 5) is 23.7. The van der Waals surface area contributed by atoms with Gasteiger partial charge in [0.1, 0.15) is 0 Å². The van der Waals surface area contributed by atoms with Crippen LogP contribution in [0.15, 0.2) is 71.1 Å². The first-order valence-corrected chi connectivity index (χ1v) is 8.84. The fourth-order valence-electron chi connectivity index (χ4n) is 3.33. The molecule has 0 saturated heterocycles. The van der Waals surface area contributed by atoms with Crippen molar-refractivity contribution in [1.29, 1.82) is 0 Å². The molecule has 0 fully saturated rings. The van der Waals surface area contributed by atoms with Gasteiger partial charge in [-0.05, 0) is 12.1 Å². The average Bonchev–Trinajstić information content (AvgIpc) is 3.24. The van der Waals surface area contributed by atoms with Crippen LogP contribution < -0.4 is 0 Å². The minimum absolute atomic E-state index is 0.0589. The third kappa shape index (κ3) is 3.05. The van der Waals surface area contributed by atoms with E-state index in [4.69, 9.17) is 0 Å². The molecule has 0 unspecified atom stereocenters. The summed E-state index contributed by atoms with van der Waals surface area (Å²) in [5.74, 6) is -0.118. The number of carbonyl (C=O) groups excluding carboxylic acids is 2. The maximum atomic E-state index is 11.8. The molecule has 0 bridgehead atoms. The van der Waals surface area contributed by atoms with Gasteiger partial charge in [0, 0.05) is 48.1 Å². The van der Waals surface area contributed by atoms with Gasteiger partial charge in [0.15, 0.2) is 0 Å². The highest BCUT2D eigenvalue weighted by atomic mass is 16.2. The molecule has 138 valence electrons. The minimum Gasteiger partial charge on any atom is -0.287 e. The second-order valence-corrected chi connectivity index (χ2v) is 6.47. The molecule has 28 heavy (non-hydrogen) atoms. The van der Waals surface area contributed by atoms with Gasteiger partial charge in [-0.15, -0.1) is 0 Å². The van der Waals surface area contributed by atoms with E-state index in [-0.39, 0.29) is 11.8 Å². The normalized spacial score (nSPS) is 11.9. The van der Waals surface area contributed by atoms with Crippen molar-refractivity contribution in [3.63, 3.8) is 0 Å². The fourth-order valence-corrected chi connectivity index (χ4v) is 3.33. The van der Waals surface area contributed by atoms with Gasteiger partial charge in [0.2, 0.25) is 11.8 Å². The van der Waals surface area contributed by atoms with Crippen molar-refractivity contribution in [2.24, 2.45) is 10.2 Å². The zero-order valence-electron chi connectivity index (χ0n) is 15.5. The monoisotopic (exact) mass is 370 g/mol. The van der Waals surface area contributed by atoms with E-state index in [0.717, 1.165) is 32.9 Å². The van der Waals surface area contributed by atoms with Gasteiger partial charge in [0.05, 0.1) is 23.5 Å². The van der Waals surface area contributed by atoms with Crippen LogP contribution in [-0.4, -0.2) is 33.4 Å². The summed E-state index contributed by atoms with van der Waals surface area (Å²) in [5.41, 5.74) is 3.30. The average molecular weight is 370 g/mol. The standard InChI is InChI=1S/C22H18N4O2/c1-15(27)25-13-17(19-7-3-5-9-21(19)25)11-23-24-12-18-14-26(16(2)28)22-10-6-4-8-20(18)22/h3-14H,1-2H3/b23-11-,24-12-. The van der Waals surface area contributed by atoms with Crippen LogP contribution >= 0.6 is 0 Å². The number of aromatic nitrogens is 2. The minimum atomic E-state index is -0.0589. The maximum Gasteiger partial charge on any atom is 0.227 e. The SMILES string of the molecule is CC(=O)n1cc(/C=N\N=C/c2cn(C(C)=O)c3ccccc23)c2ccccc21. The summed E-state index contributed by atoms with van der Waals surface area (Å²) in [5, 5.41) is 10.2. The van der Waals surface area contributed by atoms with Crippen LogP contribution in [0.1, 0.15) is 34.6 Å². The molecule has 2 aromatic carbocycles. The number of hydrogen-bond acceptors (Lipinski definition) is 4. The Kier molecular flexibility index (Phi) is 4.45. The predicted molar refractivity (Wildman–Crippen MR) is 112 cm³/mol. The van der Waals surface area contributed by atoms with Crippen LogP contribution in [0.4, 0.5) is 0 Å². The van der Waals surface area contributed by atoms with Gasteiger partial charge in [-0.25, -0.2) is 0 Å². The number of nitrogens with zero attached hydrogens (tertiary/aromatic N) is 4. The number of para-hydroxylation sites is 2. The van der Waals surface area contributed by atoms with Gasteiger partial charge in [-0.2, -0.15) is 10.2 Å². The van der Waals surface area contributed by atoms with Crippen LogP contribution in [0.25, 0.3) is 21.8 Å². The first-order valence-electron chi connectivity index (χ1n) is 8.84.